The molecule has 1 rings (SSSR count). The fourth-order valence-corrected chi connectivity index (χ4v) is 1.94. The molecule has 0 saturated carbocycles. The van der Waals surface area contributed by atoms with Gasteiger partial charge >= 0.3 is 0 Å². The van der Waals surface area contributed by atoms with Gasteiger partial charge < -0.3 is 5.32 Å². The minimum atomic E-state index is 0.0943. The van der Waals surface area contributed by atoms with E-state index in [4.69, 9.17) is 0 Å². The first-order valence-corrected chi connectivity index (χ1v) is 6.85. The van der Waals surface area contributed by atoms with Gasteiger partial charge in [-0.05, 0) is 38.8 Å². The molecule has 1 aromatic rings. The van der Waals surface area contributed by atoms with Crippen LogP contribution in [0.5, 0.6) is 0 Å². The van der Waals surface area contributed by atoms with Crippen LogP contribution in [0.4, 0.5) is 0 Å². The van der Waals surface area contributed by atoms with E-state index in [-0.39, 0.29) is 5.91 Å². The molecule has 19 heavy (non-hydrogen) atoms. The van der Waals surface area contributed by atoms with Gasteiger partial charge in [0.25, 0.3) is 0 Å². The highest BCUT2D eigenvalue weighted by atomic mass is 16.2. The predicted octanol–water partition coefficient (Wildman–Crippen LogP) is 1.27. The van der Waals surface area contributed by atoms with Gasteiger partial charge in [-0.15, -0.1) is 0 Å². The molecule has 1 heterocycles. The zero-order chi connectivity index (χ0) is 14.4. The summed E-state index contributed by atoms with van der Waals surface area (Å²) in [5, 5.41) is 10.1. The molecule has 0 aromatic carbocycles. The van der Waals surface area contributed by atoms with E-state index < -0.39 is 0 Å². The first kappa shape index (κ1) is 15.7. The van der Waals surface area contributed by atoms with Gasteiger partial charge in [0.2, 0.25) is 5.91 Å². The number of hydrogen-bond donors (Lipinski definition) is 2. The molecule has 5 heteroatoms. The van der Waals surface area contributed by atoms with E-state index in [1.54, 1.807) is 0 Å². The molecule has 5 nitrogen and oxygen atoms in total. The number of H-pyrrole nitrogens is 1. The largest absolute Gasteiger partial charge is 0.355 e. The molecule has 0 saturated heterocycles. The van der Waals surface area contributed by atoms with Gasteiger partial charge in [0, 0.05) is 18.8 Å². The summed E-state index contributed by atoms with van der Waals surface area (Å²) in [6.45, 7) is 10.3. The van der Waals surface area contributed by atoms with Crippen LogP contribution in [0.25, 0.3) is 0 Å². The van der Waals surface area contributed by atoms with Crippen LogP contribution >= 0.6 is 0 Å². The number of nitrogens with one attached hydrogen (secondary N) is 2. The molecule has 0 fully saturated rings. The van der Waals surface area contributed by atoms with Gasteiger partial charge in [-0.2, -0.15) is 5.10 Å². The van der Waals surface area contributed by atoms with Crippen molar-refractivity contribution in [1.82, 2.24) is 20.4 Å². The summed E-state index contributed by atoms with van der Waals surface area (Å²) in [5.41, 5.74) is 3.43. The first-order valence-electron chi connectivity index (χ1n) is 6.85. The van der Waals surface area contributed by atoms with Crippen LogP contribution in [0, 0.1) is 19.8 Å². The quantitative estimate of drug-likeness (QED) is 0.781. The SMILES string of the molecule is Cc1n[nH]c(C)c1CCN(C)CC(=O)NCC(C)C. The smallest absolute Gasteiger partial charge is 0.234 e. The highest BCUT2D eigenvalue weighted by molar-refractivity contribution is 5.77. The van der Waals surface area contributed by atoms with Gasteiger partial charge in [0.1, 0.15) is 0 Å². The highest BCUT2D eigenvalue weighted by Crippen LogP contribution is 2.10. The van der Waals surface area contributed by atoms with E-state index in [1.807, 2.05) is 25.8 Å². The topological polar surface area (TPSA) is 61.0 Å². The molecule has 0 unspecified atom stereocenters. The second-order valence-corrected chi connectivity index (χ2v) is 5.60. The summed E-state index contributed by atoms with van der Waals surface area (Å²) in [7, 11) is 1.97. The number of rotatable bonds is 7. The Labute approximate surface area is 115 Å². The summed E-state index contributed by atoms with van der Waals surface area (Å²) < 4.78 is 0. The number of carbonyl (C=O) groups excluding carboxylic acids is 1. The van der Waals surface area contributed by atoms with Crippen molar-refractivity contribution in [2.24, 2.45) is 5.92 Å². The van der Waals surface area contributed by atoms with Crippen molar-refractivity contribution >= 4 is 5.91 Å². The summed E-state index contributed by atoms with van der Waals surface area (Å²) >= 11 is 0. The fraction of sp³-hybridized carbons (Fsp3) is 0.714. The van der Waals surface area contributed by atoms with Crippen molar-refractivity contribution in [2.45, 2.75) is 34.1 Å². The Hall–Kier alpha value is -1.36. The van der Waals surface area contributed by atoms with Gasteiger partial charge in [-0.25, -0.2) is 0 Å². The number of carbonyl (C=O) groups is 1. The number of nitrogens with zero attached hydrogens (tertiary/aromatic N) is 2. The van der Waals surface area contributed by atoms with Gasteiger partial charge in [0.15, 0.2) is 0 Å². The molecular formula is C14H26N4O. The lowest BCUT2D eigenvalue weighted by Gasteiger charge is -2.16. The number of aromatic amines is 1. The Morgan fingerprint density at radius 1 is 1.42 bits per heavy atom. The standard InChI is InChI=1S/C14H26N4O/c1-10(2)8-15-14(19)9-18(5)7-6-13-11(3)16-17-12(13)4/h10H,6-9H2,1-5H3,(H,15,19)(H,16,17). The maximum Gasteiger partial charge on any atom is 0.234 e. The molecule has 0 aliphatic heterocycles. The molecule has 0 bridgehead atoms. The molecule has 0 atom stereocenters. The molecule has 0 spiro atoms. The second-order valence-electron chi connectivity index (χ2n) is 5.60. The number of likely N-dealkylation sites (N-methyl/N-ethyl adjacent to an activating group) is 1. The van der Waals surface area contributed by atoms with Gasteiger partial charge in [0.05, 0.1) is 12.2 Å². The molecule has 0 radical (unpaired) electrons. The molecule has 0 aliphatic carbocycles. The lowest BCUT2D eigenvalue weighted by Crippen LogP contribution is -2.37. The number of aromatic nitrogens is 2. The van der Waals surface area contributed by atoms with Crippen molar-refractivity contribution in [3.8, 4) is 0 Å². The van der Waals surface area contributed by atoms with Crippen LogP contribution in [-0.2, 0) is 11.2 Å². The third kappa shape index (κ3) is 5.42. The lowest BCUT2D eigenvalue weighted by atomic mass is 10.1. The molecule has 1 amide bonds. The third-order valence-corrected chi connectivity index (χ3v) is 3.15. The van der Waals surface area contributed by atoms with E-state index in [2.05, 4.69) is 29.4 Å². The van der Waals surface area contributed by atoms with Crippen LogP contribution in [0.3, 0.4) is 0 Å². The number of aryl methyl sites for hydroxylation is 2. The Morgan fingerprint density at radius 2 is 2.11 bits per heavy atom. The second kappa shape index (κ2) is 7.28. The molecule has 108 valence electrons. The third-order valence-electron chi connectivity index (χ3n) is 3.15. The number of amides is 1. The molecule has 2 N–H and O–H groups in total. The van der Waals surface area contributed by atoms with E-state index >= 15 is 0 Å². The van der Waals surface area contributed by atoms with Crippen LogP contribution in [0.2, 0.25) is 0 Å². The van der Waals surface area contributed by atoms with Gasteiger partial charge in [-0.3, -0.25) is 14.8 Å². The van der Waals surface area contributed by atoms with Crippen molar-refractivity contribution in [3.63, 3.8) is 0 Å². The van der Waals surface area contributed by atoms with E-state index in [0.717, 1.165) is 30.9 Å². The van der Waals surface area contributed by atoms with Crippen LogP contribution in [-0.4, -0.2) is 47.7 Å². The van der Waals surface area contributed by atoms with E-state index in [1.165, 1.54) is 5.56 Å². The summed E-state index contributed by atoms with van der Waals surface area (Å²) in [4.78, 5) is 13.7. The maximum atomic E-state index is 11.7. The molecule has 0 aliphatic rings. The van der Waals surface area contributed by atoms with Crippen LogP contribution in [0.15, 0.2) is 0 Å². The Bertz CT molecular complexity index is 392. The minimum Gasteiger partial charge on any atom is -0.355 e. The van der Waals surface area contributed by atoms with Crippen LogP contribution < -0.4 is 5.32 Å². The molecule has 1 aromatic heterocycles. The Kier molecular flexibility index (Phi) is 6.02. The van der Waals surface area contributed by atoms with E-state index in [9.17, 15) is 4.79 Å². The summed E-state index contributed by atoms with van der Waals surface area (Å²) in [6.07, 6.45) is 0.919. The van der Waals surface area contributed by atoms with Crippen LogP contribution in [0.1, 0.15) is 30.8 Å². The highest BCUT2D eigenvalue weighted by Gasteiger charge is 2.10. The molecular weight excluding hydrogens is 240 g/mol. The normalized spacial score (nSPS) is 11.3. The Morgan fingerprint density at radius 3 is 2.63 bits per heavy atom. The lowest BCUT2D eigenvalue weighted by molar-refractivity contribution is -0.122. The van der Waals surface area contributed by atoms with Crippen molar-refractivity contribution in [1.29, 1.82) is 0 Å². The van der Waals surface area contributed by atoms with E-state index in [0.29, 0.717) is 12.5 Å². The maximum absolute atomic E-state index is 11.7. The average molecular weight is 266 g/mol. The summed E-state index contributed by atoms with van der Waals surface area (Å²) in [6, 6.07) is 0. The zero-order valence-corrected chi connectivity index (χ0v) is 12.7. The predicted molar refractivity (Wildman–Crippen MR) is 77.1 cm³/mol. The average Bonchev–Trinajstić information content (AvgIpc) is 2.64. The monoisotopic (exact) mass is 266 g/mol. The zero-order valence-electron chi connectivity index (χ0n) is 12.7. The number of hydrogen-bond acceptors (Lipinski definition) is 3. The van der Waals surface area contributed by atoms with Crippen molar-refractivity contribution < 1.29 is 4.79 Å². The first-order chi connectivity index (χ1) is 8.90. The van der Waals surface area contributed by atoms with Crippen molar-refractivity contribution in [3.05, 3.63) is 17.0 Å². The minimum absolute atomic E-state index is 0.0943. The van der Waals surface area contributed by atoms with Gasteiger partial charge in [-0.1, -0.05) is 13.8 Å². The van der Waals surface area contributed by atoms with Crippen molar-refractivity contribution in [2.75, 3.05) is 26.7 Å². The Balaban J connectivity index is 2.32. The summed E-state index contributed by atoms with van der Waals surface area (Å²) in [5.74, 6) is 0.585. The fourth-order valence-electron chi connectivity index (χ4n) is 1.94.